The van der Waals surface area contributed by atoms with Gasteiger partial charge in [-0.3, -0.25) is 5.10 Å². The number of benzene rings is 3. The van der Waals surface area contributed by atoms with Crippen LogP contribution in [0, 0.1) is 0 Å². The second-order valence-corrected chi connectivity index (χ2v) is 8.24. The number of nitrogens with zero attached hydrogens (tertiary/aromatic N) is 2. The Bertz CT molecular complexity index is 1240. The Kier molecular flexibility index (Phi) is 6.87. The van der Waals surface area contributed by atoms with E-state index in [1.165, 1.54) is 10.8 Å². The molecule has 0 spiro atoms. The van der Waals surface area contributed by atoms with Crippen molar-refractivity contribution < 1.29 is 14.6 Å². The number of H-pyrrole nitrogens is 1. The molecule has 0 aliphatic carbocycles. The Morgan fingerprint density at radius 2 is 1.88 bits per heavy atom. The molecule has 0 unspecified atom stereocenters. The summed E-state index contributed by atoms with van der Waals surface area (Å²) in [5, 5.41) is 19.3. The van der Waals surface area contributed by atoms with Crippen LogP contribution in [0.25, 0.3) is 16.8 Å². The molecule has 0 saturated carbocycles. The van der Waals surface area contributed by atoms with Crippen molar-refractivity contribution in [3.05, 3.63) is 88.6 Å². The predicted octanol–water partition coefficient (Wildman–Crippen LogP) is 5.71. The van der Waals surface area contributed by atoms with Crippen molar-refractivity contribution >= 4 is 34.6 Å². The first kappa shape index (κ1) is 21.6. The van der Waals surface area contributed by atoms with Crippen molar-refractivity contribution in [1.29, 1.82) is 0 Å². The lowest BCUT2D eigenvalue weighted by Crippen LogP contribution is -1.98. The SMILES string of the molecule is CCCc1nc(S/C(=C\c2ccc(OCc3cccc4ccccc34)cc2)C(=O)O)n[nH]1. The van der Waals surface area contributed by atoms with E-state index >= 15 is 0 Å². The van der Waals surface area contributed by atoms with E-state index in [0.29, 0.717) is 11.8 Å². The topological polar surface area (TPSA) is 88.1 Å². The lowest BCUT2D eigenvalue weighted by atomic mass is 10.1. The summed E-state index contributed by atoms with van der Waals surface area (Å²) in [5.41, 5.74) is 1.88. The summed E-state index contributed by atoms with van der Waals surface area (Å²) in [7, 11) is 0. The summed E-state index contributed by atoms with van der Waals surface area (Å²) in [5.74, 6) is 0.457. The van der Waals surface area contributed by atoms with Gasteiger partial charge in [0.15, 0.2) is 0 Å². The Labute approximate surface area is 190 Å². The highest BCUT2D eigenvalue weighted by molar-refractivity contribution is 8.04. The highest BCUT2D eigenvalue weighted by Gasteiger charge is 2.13. The first-order valence-electron chi connectivity index (χ1n) is 10.4. The Balaban J connectivity index is 1.44. The maximum absolute atomic E-state index is 11.7. The number of hydrogen-bond acceptors (Lipinski definition) is 5. The van der Waals surface area contributed by atoms with Gasteiger partial charge in [-0.2, -0.15) is 0 Å². The monoisotopic (exact) mass is 445 g/mol. The quantitative estimate of drug-likeness (QED) is 0.254. The fourth-order valence-corrected chi connectivity index (χ4v) is 4.02. The number of aryl methyl sites for hydroxylation is 1. The maximum atomic E-state index is 11.7. The summed E-state index contributed by atoms with van der Waals surface area (Å²) in [4.78, 5) is 16.2. The van der Waals surface area contributed by atoms with Crippen LogP contribution in [0.1, 0.15) is 30.3 Å². The van der Waals surface area contributed by atoms with Gasteiger partial charge < -0.3 is 9.84 Å². The highest BCUT2D eigenvalue weighted by Crippen LogP contribution is 2.27. The minimum Gasteiger partial charge on any atom is -0.489 e. The summed E-state index contributed by atoms with van der Waals surface area (Å²) < 4.78 is 5.96. The van der Waals surface area contributed by atoms with Crippen LogP contribution >= 0.6 is 11.8 Å². The summed E-state index contributed by atoms with van der Waals surface area (Å²) in [6.07, 6.45) is 3.33. The van der Waals surface area contributed by atoms with Crippen LogP contribution in [0.15, 0.2) is 76.8 Å². The van der Waals surface area contributed by atoms with Crippen molar-refractivity contribution in [2.75, 3.05) is 0 Å². The number of fused-ring (bicyclic) bond motifs is 1. The van der Waals surface area contributed by atoms with Gasteiger partial charge in [0.05, 0.1) is 0 Å². The van der Waals surface area contributed by atoms with Crippen LogP contribution in [-0.4, -0.2) is 26.3 Å². The van der Waals surface area contributed by atoms with Crippen LogP contribution in [0.5, 0.6) is 5.75 Å². The minimum atomic E-state index is -1.02. The first-order valence-corrected chi connectivity index (χ1v) is 11.2. The van der Waals surface area contributed by atoms with Gasteiger partial charge in [0, 0.05) is 6.42 Å². The van der Waals surface area contributed by atoms with Gasteiger partial charge in [-0.25, -0.2) is 9.78 Å². The second kappa shape index (κ2) is 10.2. The molecule has 32 heavy (non-hydrogen) atoms. The normalized spacial score (nSPS) is 11.6. The average molecular weight is 446 g/mol. The van der Waals surface area contributed by atoms with E-state index < -0.39 is 5.97 Å². The molecule has 4 aromatic rings. The van der Waals surface area contributed by atoms with Crippen LogP contribution in [0.4, 0.5) is 0 Å². The third-order valence-corrected chi connectivity index (χ3v) is 5.74. The molecule has 0 saturated heterocycles. The van der Waals surface area contributed by atoms with Gasteiger partial charge in [0.1, 0.15) is 23.1 Å². The van der Waals surface area contributed by atoms with E-state index in [0.717, 1.165) is 47.3 Å². The molecule has 1 heterocycles. The van der Waals surface area contributed by atoms with Crippen LogP contribution in [0.2, 0.25) is 0 Å². The predicted molar refractivity (Wildman–Crippen MR) is 127 cm³/mol. The molecule has 0 fully saturated rings. The van der Waals surface area contributed by atoms with E-state index in [-0.39, 0.29) is 4.91 Å². The molecule has 0 bridgehead atoms. The second-order valence-electron chi connectivity index (χ2n) is 7.23. The Morgan fingerprint density at radius 3 is 2.66 bits per heavy atom. The van der Waals surface area contributed by atoms with Gasteiger partial charge in [0.2, 0.25) is 5.16 Å². The van der Waals surface area contributed by atoms with Crippen molar-refractivity contribution in [2.24, 2.45) is 0 Å². The number of rotatable bonds is 9. The molecular weight excluding hydrogens is 422 g/mol. The van der Waals surface area contributed by atoms with Gasteiger partial charge in [-0.05, 0) is 58.3 Å². The fourth-order valence-electron chi connectivity index (χ4n) is 3.30. The largest absolute Gasteiger partial charge is 0.489 e. The van der Waals surface area contributed by atoms with Crippen molar-refractivity contribution in [3.8, 4) is 5.75 Å². The third kappa shape index (κ3) is 5.36. The molecule has 0 aliphatic rings. The van der Waals surface area contributed by atoms with Crippen molar-refractivity contribution in [3.63, 3.8) is 0 Å². The van der Waals surface area contributed by atoms with E-state index in [9.17, 15) is 9.90 Å². The average Bonchev–Trinajstić information content (AvgIpc) is 3.25. The molecule has 0 atom stereocenters. The lowest BCUT2D eigenvalue weighted by molar-refractivity contribution is -0.131. The van der Waals surface area contributed by atoms with E-state index in [1.54, 1.807) is 6.08 Å². The zero-order valence-electron chi connectivity index (χ0n) is 17.6. The zero-order chi connectivity index (χ0) is 22.3. The molecule has 162 valence electrons. The molecule has 0 radical (unpaired) electrons. The van der Waals surface area contributed by atoms with Gasteiger partial charge in [-0.15, -0.1) is 5.10 Å². The zero-order valence-corrected chi connectivity index (χ0v) is 18.4. The third-order valence-electron chi connectivity index (χ3n) is 4.86. The summed E-state index contributed by atoms with van der Waals surface area (Å²) >= 11 is 1.03. The molecule has 0 aliphatic heterocycles. The van der Waals surface area contributed by atoms with E-state index in [4.69, 9.17) is 4.74 Å². The number of nitrogens with one attached hydrogen (secondary N) is 1. The van der Waals surface area contributed by atoms with Crippen LogP contribution < -0.4 is 4.74 Å². The number of thioether (sulfide) groups is 1. The molecule has 1 aromatic heterocycles. The number of hydrogen-bond donors (Lipinski definition) is 2. The number of carboxylic acids is 1. The van der Waals surface area contributed by atoms with Crippen LogP contribution in [0.3, 0.4) is 0 Å². The Hall–Kier alpha value is -3.58. The van der Waals surface area contributed by atoms with E-state index in [2.05, 4.69) is 39.4 Å². The van der Waals surface area contributed by atoms with Crippen molar-refractivity contribution in [1.82, 2.24) is 15.2 Å². The number of ether oxygens (including phenoxy) is 1. The van der Waals surface area contributed by atoms with Gasteiger partial charge in [-0.1, -0.05) is 61.5 Å². The molecule has 3 aromatic carbocycles. The number of aromatic nitrogens is 3. The standard InChI is InChI=1S/C25H23N3O3S/c1-2-6-23-26-25(28-27-23)32-22(24(29)30)15-17-11-13-20(14-12-17)31-16-19-9-5-8-18-7-3-4-10-21(18)19/h3-5,7-15H,2,6,16H2,1H3,(H,29,30)(H,26,27,28)/b22-15-. The minimum absolute atomic E-state index is 0.150. The lowest BCUT2D eigenvalue weighted by Gasteiger charge is -2.09. The van der Waals surface area contributed by atoms with Crippen LogP contribution in [-0.2, 0) is 17.8 Å². The summed E-state index contributed by atoms with van der Waals surface area (Å²) in [6.45, 7) is 2.50. The highest BCUT2D eigenvalue weighted by atomic mass is 32.2. The van der Waals surface area contributed by atoms with Crippen molar-refractivity contribution in [2.45, 2.75) is 31.5 Å². The first-order chi connectivity index (χ1) is 15.6. The fraction of sp³-hybridized carbons (Fsp3) is 0.160. The van der Waals surface area contributed by atoms with E-state index in [1.807, 2.05) is 49.4 Å². The smallest absolute Gasteiger partial charge is 0.342 e. The number of aliphatic carboxylic acids is 1. The molecule has 6 nitrogen and oxygen atoms in total. The number of carboxylic acid groups (broad SMARTS) is 1. The molecule has 4 rings (SSSR count). The number of aromatic amines is 1. The molecular formula is C25H23N3O3S. The molecule has 7 heteroatoms. The summed E-state index contributed by atoms with van der Waals surface area (Å²) in [6, 6.07) is 21.7. The van der Waals surface area contributed by atoms with Gasteiger partial charge in [0.25, 0.3) is 0 Å². The van der Waals surface area contributed by atoms with Gasteiger partial charge >= 0.3 is 5.97 Å². The number of carbonyl (C=O) groups is 1. The molecule has 0 amide bonds. The maximum Gasteiger partial charge on any atom is 0.342 e. The Morgan fingerprint density at radius 1 is 1.09 bits per heavy atom. The molecule has 2 N–H and O–H groups in total.